The molecule has 148 valence electrons. The topological polar surface area (TPSA) is 35.6 Å². The highest BCUT2D eigenvalue weighted by Crippen LogP contribution is 2.24. The van der Waals surface area contributed by atoms with Crippen molar-refractivity contribution >= 4 is 5.91 Å². The first kappa shape index (κ1) is 19.1. The minimum absolute atomic E-state index is 0.108. The van der Waals surface area contributed by atoms with Crippen molar-refractivity contribution in [3.05, 3.63) is 71.0 Å². The zero-order valence-corrected chi connectivity index (χ0v) is 16.2. The van der Waals surface area contributed by atoms with Crippen molar-refractivity contribution in [2.45, 2.75) is 25.3 Å². The second-order valence-corrected chi connectivity index (χ2v) is 7.83. The Morgan fingerprint density at radius 2 is 1.89 bits per heavy atom. The minimum Gasteiger partial charge on any atom is -0.336 e. The maximum atomic E-state index is 13.9. The second-order valence-electron chi connectivity index (χ2n) is 7.83. The van der Waals surface area contributed by atoms with Gasteiger partial charge in [-0.1, -0.05) is 30.3 Å². The molecule has 0 aliphatic carbocycles. The number of amides is 1. The van der Waals surface area contributed by atoms with Gasteiger partial charge in [0.05, 0.1) is 0 Å². The number of hydrogen-bond donors (Lipinski definition) is 1. The van der Waals surface area contributed by atoms with Crippen molar-refractivity contribution in [2.24, 2.45) is 0 Å². The summed E-state index contributed by atoms with van der Waals surface area (Å²) in [4.78, 5) is 17.1. The fourth-order valence-electron chi connectivity index (χ4n) is 4.22. The van der Waals surface area contributed by atoms with E-state index in [-0.39, 0.29) is 11.7 Å². The maximum Gasteiger partial charge on any atom is 0.253 e. The lowest BCUT2D eigenvalue weighted by atomic mass is 9.90. The van der Waals surface area contributed by atoms with Gasteiger partial charge in [-0.05, 0) is 49.1 Å². The van der Waals surface area contributed by atoms with Crippen LogP contribution >= 0.6 is 0 Å². The number of carbonyl (C=O) groups is 1. The summed E-state index contributed by atoms with van der Waals surface area (Å²) in [5.41, 5.74) is 2.76. The number of hydrogen-bond acceptors (Lipinski definition) is 3. The second kappa shape index (κ2) is 8.84. The van der Waals surface area contributed by atoms with Gasteiger partial charge < -0.3 is 10.2 Å². The van der Waals surface area contributed by atoms with Crippen molar-refractivity contribution in [2.75, 3.05) is 39.3 Å². The Balaban J connectivity index is 1.35. The summed E-state index contributed by atoms with van der Waals surface area (Å²) in [5.74, 6) is 0.449. The van der Waals surface area contributed by atoms with E-state index in [1.54, 1.807) is 6.07 Å². The van der Waals surface area contributed by atoms with E-state index in [4.69, 9.17) is 0 Å². The van der Waals surface area contributed by atoms with Crippen LogP contribution in [0.1, 0.15) is 40.2 Å². The summed E-state index contributed by atoms with van der Waals surface area (Å²) in [6, 6.07) is 15.1. The highest BCUT2D eigenvalue weighted by atomic mass is 19.1. The first-order chi connectivity index (χ1) is 13.7. The number of rotatable bonds is 4. The van der Waals surface area contributed by atoms with Gasteiger partial charge in [0, 0.05) is 50.4 Å². The first-order valence-corrected chi connectivity index (χ1v) is 10.3. The van der Waals surface area contributed by atoms with Crippen molar-refractivity contribution < 1.29 is 9.18 Å². The van der Waals surface area contributed by atoms with E-state index >= 15 is 0 Å². The summed E-state index contributed by atoms with van der Waals surface area (Å²) < 4.78 is 13.9. The Morgan fingerprint density at radius 3 is 2.64 bits per heavy atom. The van der Waals surface area contributed by atoms with Gasteiger partial charge in [-0.3, -0.25) is 9.69 Å². The van der Waals surface area contributed by atoms with Gasteiger partial charge in [0.1, 0.15) is 5.82 Å². The Labute approximate surface area is 166 Å². The monoisotopic (exact) mass is 381 g/mol. The quantitative estimate of drug-likeness (QED) is 0.883. The molecule has 2 heterocycles. The van der Waals surface area contributed by atoms with Crippen molar-refractivity contribution in [1.29, 1.82) is 0 Å². The largest absolute Gasteiger partial charge is 0.336 e. The van der Waals surface area contributed by atoms with Crippen LogP contribution in [-0.2, 0) is 6.54 Å². The number of piperazine rings is 1. The average Bonchev–Trinajstić information content (AvgIpc) is 2.76. The summed E-state index contributed by atoms with van der Waals surface area (Å²) in [6.45, 7) is 5.58. The fraction of sp³-hybridized carbons (Fsp3) is 0.435. The summed E-state index contributed by atoms with van der Waals surface area (Å²) in [7, 11) is 0. The van der Waals surface area contributed by atoms with Gasteiger partial charge in [-0.2, -0.15) is 0 Å². The zero-order valence-electron chi connectivity index (χ0n) is 16.2. The SMILES string of the molecule is O=C(c1cccc([C@H]2CCCNC2)c1)N1CCN(Cc2ccccc2F)CC1. The molecule has 2 saturated heterocycles. The molecule has 0 radical (unpaired) electrons. The number of carbonyl (C=O) groups excluding carboxylic acids is 1. The molecule has 1 N–H and O–H groups in total. The van der Waals surface area contributed by atoms with Crippen molar-refractivity contribution in [3.8, 4) is 0 Å². The standard InChI is InChI=1S/C23H28FN3O/c24-22-9-2-1-5-21(22)17-26-11-13-27(14-12-26)23(28)19-7-3-6-18(15-19)20-8-4-10-25-16-20/h1-3,5-7,9,15,20,25H,4,8,10-14,16-17H2/t20-/m0/s1. The van der Waals surface area contributed by atoms with Gasteiger partial charge in [0.2, 0.25) is 0 Å². The third-order valence-corrected chi connectivity index (χ3v) is 5.91. The molecule has 5 heteroatoms. The number of nitrogens with zero attached hydrogens (tertiary/aromatic N) is 2. The minimum atomic E-state index is -0.157. The molecule has 0 saturated carbocycles. The smallest absolute Gasteiger partial charge is 0.253 e. The molecular weight excluding hydrogens is 353 g/mol. The predicted octanol–water partition coefficient (Wildman–Crippen LogP) is 3.25. The molecule has 0 aromatic heterocycles. The Morgan fingerprint density at radius 1 is 1.07 bits per heavy atom. The normalized spacial score (nSPS) is 20.9. The van der Waals surface area contributed by atoms with E-state index < -0.39 is 0 Å². The zero-order chi connectivity index (χ0) is 19.3. The number of halogens is 1. The molecule has 0 spiro atoms. The van der Waals surface area contributed by atoms with Gasteiger partial charge in [0.15, 0.2) is 0 Å². The third-order valence-electron chi connectivity index (χ3n) is 5.91. The number of piperidine rings is 1. The molecule has 2 fully saturated rings. The highest BCUT2D eigenvalue weighted by molar-refractivity contribution is 5.94. The van der Waals surface area contributed by atoms with E-state index in [1.807, 2.05) is 29.2 Å². The van der Waals surface area contributed by atoms with Crippen LogP contribution < -0.4 is 5.32 Å². The Kier molecular flexibility index (Phi) is 6.03. The molecule has 2 aromatic rings. The summed E-state index contributed by atoms with van der Waals surface area (Å²) in [5, 5.41) is 3.45. The lowest BCUT2D eigenvalue weighted by Gasteiger charge is -2.35. The van der Waals surface area contributed by atoms with Crippen LogP contribution in [0, 0.1) is 5.82 Å². The van der Waals surface area contributed by atoms with Crippen molar-refractivity contribution in [1.82, 2.24) is 15.1 Å². The Hall–Kier alpha value is -2.24. The van der Waals surface area contributed by atoms with Crippen LogP contribution in [0.2, 0.25) is 0 Å². The Bertz CT molecular complexity index is 811. The van der Waals surface area contributed by atoms with Crippen LogP contribution in [0.3, 0.4) is 0 Å². The van der Waals surface area contributed by atoms with E-state index in [0.717, 1.165) is 37.3 Å². The fourth-order valence-corrected chi connectivity index (χ4v) is 4.22. The molecule has 28 heavy (non-hydrogen) atoms. The lowest BCUT2D eigenvalue weighted by Crippen LogP contribution is -2.48. The van der Waals surface area contributed by atoms with Crippen LogP contribution in [0.5, 0.6) is 0 Å². The van der Waals surface area contributed by atoms with Gasteiger partial charge >= 0.3 is 0 Å². The number of benzene rings is 2. The van der Waals surface area contributed by atoms with Gasteiger partial charge in [-0.15, -0.1) is 0 Å². The molecule has 4 nitrogen and oxygen atoms in total. The average molecular weight is 381 g/mol. The van der Waals surface area contributed by atoms with Gasteiger partial charge in [-0.25, -0.2) is 4.39 Å². The number of nitrogens with one attached hydrogen (secondary N) is 1. The first-order valence-electron chi connectivity index (χ1n) is 10.3. The van der Waals surface area contributed by atoms with Crippen LogP contribution in [0.4, 0.5) is 4.39 Å². The summed E-state index contributed by atoms with van der Waals surface area (Å²) in [6.07, 6.45) is 2.37. The molecule has 1 amide bonds. The van der Waals surface area contributed by atoms with Crippen LogP contribution in [0.15, 0.2) is 48.5 Å². The highest BCUT2D eigenvalue weighted by Gasteiger charge is 2.23. The molecule has 2 aliphatic heterocycles. The van der Waals surface area contributed by atoms with Crippen LogP contribution in [0.25, 0.3) is 0 Å². The van der Waals surface area contributed by atoms with Crippen LogP contribution in [-0.4, -0.2) is 55.0 Å². The predicted molar refractivity (Wildman–Crippen MR) is 109 cm³/mol. The molecule has 1 atom stereocenters. The van der Waals surface area contributed by atoms with Gasteiger partial charge in [0.25, 0.3) is 5.91 Å². The lowest BCUT2D eigenvalue weighted by molar-refractivity contribution is 0.0627. The van der Waals surface area contributed by atoms with E-state index in [0.29, 0.717) is 25.6 Å². The summed E-state index contributed by atoms with van der Waals surface area (Å²) >= 11 is 0. The van der Waals surface area contributed by atoms with E-state index in [1.165, 1.54) is 24.5 Å². The molecular formula is C23H28FN3O. The van der Waals surface area contributed by atoms with E-state index in [9.17, 15) is 9.18 Å². The molecule has 0 bridgehead atoms. The molecule has 2 aliphatic rings. The maximum absolute atomic E-state index is 13.9. The van der Waals surface area contributed by atoms with E-state index in [2.05, 4.69) is 22.3 Å². The molecule has 0 unspecified atom stereocenters. The molecule has 2 aromatic carbocycles. The van der Waals surface area contributed by atoms with Crippen molar-refractivity contribution in [3.63, 3.8) is 0 Å². The third kappa shape index (κ3) is 4.42. The molecule has 4 rings (SSSR count).